The quantitative estimate of drug-likeness (QED) is 0.804. The fraction of sp³-hybridized carbons (Fsp3) is 0.692. The molecule has 1 aromatic rings. The van der Waals surface area contributed by atoms with Gasteiger partial charge < -0.3 is 14.6 Å². The van der Waals surface area contributed by atoms with E-state index in [1.54, 1.807) is 13.4 Å². The molecule has 0 bridgehead atoms. The highest BCUT2D eigenvalue weighted by Crippen LogP contribution is 2.15. The second-order valence-electron chi connectivity index (χ2n) is 4.89. The number of methoxy groups -OCH3 is 1. The third-order valence-corrected chi connectivity index (χ3v) is 3.59. The van der Waals surface area contributed by atoms with Gasteiger partial charge in [0.1, 0.15) is 0 Å². The molecule has 1 amide bonds. The van der Waals surface area contributed by atoms with Crippen LogP contribution in [-0.2, 0) is 22.5 Å². The van der Waals surface area contributed by atoms with E-state index in [2.05, 4.69) is 15.3 Å². The minimum Gasteiger partial charge on any atom is -0.383 e. The standard InChI is InChI=1S/C13H22N4O2/c1-4-17(9(2)7-19-3)13(18)11-5-10-12(6-14-11)16-8-15-10/h8-9,11,14H,4-7H2,1-3H3,(H,15,16). The maximum atomic E-state index is 12.5. The Balaban J connectivity index is 2.03. The highest BCUT2D eigenvalue weighted by atomic mass is 16.5. The second-order valence-corrected chi connectivity index (χ2v) is 4.89. The summed E-state index contributed by atoms with van der Waals surface area (Å²) in [5, 5.41) is 3.27. The number of aromatic nitrogens is 2. The zero-order chi connectivity index (χ0) is 13.8. The van der Waals surface area contributed by atoms with E-state index in [1.807, 2.05) is 18.7 Å². The lowest BCUT2D eigenvalue weighted by Crippen LogP contribution is -2.52. The zero-order valence-corrected chi connectivity index (χ0v) is 11.8. The third-order valence-electron chi connectivity index (χ3n) is 3.59. The van der Waals surface area contributed by atoms with Gasteiger partial charge in [-0.2, -0.15) is 0 Å². The van der Waals surface area contributed by atoms with Crippen molar-refractivity contribution in [2.45, 2.75) is 38.9 Å². The van der Waals surface area contributed by atoms with Crippen molar-refractivity contribution in [1.29, 1.82) is 0 Å². The highest BCUT2D eigenvalue weighted by molar-refractivity contribution is 5.82. The topological polar surface area (TPSA) is 70.2 Å². The zero-order valence-electron chi connectivity index (χ0n) is 11.8. The second kappa shape index (κ2) is 6.16. The normalized spacial score (nSPS) is 19.8. The summed E-state index contributed by atoms with van der Waals surface area (Å²) in [5.41, 5.74) is 2.07. The molecular weight excluding hydrogens is 244 g/mol. The van der Waals surface area contributed by atoms with E-state index in [1.165, 1.54) is 0 Å². The first-order chi connectivity index (χ1) is 9.17. The molecule has 1 aliphatic heterocycles. The summed E-state index contributed by atoms with van der Waals surface area (Å²) in [4.78, 5) is 21.8. The Morgan fingerprint density at radius 2 is 2.47 bits per heavy atom. The highest BCUT2D eigenvalue weighted by Gasteiger charge is 2.30. The number of amides is 1. The van der Waals surface area contributed by atoms with E-state index >= 15 is 0 Å². The lowest BCUT2D eigenvalue weighted by atomic mass is 10.0. The molecule has 2 N–H and O–H groups in total. The van der Waals surface area contributed by atoms with Gasteiger partial charge in [0.25, 0.3) is 0 Å². The van der Waals surface area contributed by atoms with Crippen molar-refractivity contribution >= 4 is 5.91 Å². The van der Waals surface area contributed by atoms with Crippen molar-refractivity contribution in [2.75, 3.05) is 20.3 Å². The van der Waals surface area contributed by atoms with Gasteiger partial charge in [0.05, 0.1) is 36.4 Å². The molecule has 2 atom stereocenters. The summed E-state index contributed by atoms with van der Waals surface area (Å²) in [5.74, 6) is 0.126. The Bertz CT molecular complexity index is 432. The number of carbonyl (C=O) groups excluding carboxylic acids is 1. The number of aromatic amines is 1. The van der Waals surface area contributed by atoms with Gasteiger partial charge >= 0.3 is 0 Å². The third kappa shape index (κ3) is 2.96. The van der Waals surface area contributed by atoms with E-state index in [0.717, 1.165) is 11.4 Å². The number of rotatable bonds is 5. The molecule has 1 aliphatic rings. The van der Waals surface area contributed by atoms with Crippen LogP contribution in [0.5, 0.6) is 0 Å². The molecule has 0 radical (unpaired) electrons. The monoisotopic (exact) mass is 266 g/mol. The van der Waals surface area contributed by atoms with Crippen LogP contribution in [0.2, 0.25) is 0 Å². The first kappa shape index (κ1) is 14.0. The van der Waals surface area contributed by atoms with E-state index in [9.17, 15) is 4.79 Å². The molecule has 6 heteroatoms. The van der Waals surface area contributed by atoms with E-state index in [0.29, 0.717) is 26.1 Å². The number of ether oxygens (including phenoxy) is 1. The molecule has 19 heavy (non-hydrogen) atoms. The molecule has 0 saturated carbocycles. The number of imidazole rings is 1. The lowest BCUT2D eigenvalue weighted by molar-refractivity contribution is -0.136. The van der Waals surface area contributed by atoms with Crippen LogP contribution in [0.15, 0.2) is 6.33 Å². The molecule has 2 heterocycles. The Morgan fingerprint density at radius 3 is 3.16 bits per heavy atom. The van der Waals surface area contributed by atoms with Crippen LogP contribution in [0, 0.1) is 0 Å². The van der Waals surface area contributed by atoms with Gasteiger partial charge in [0, 0.05) is 26.6 Å². The number of nitrogens with one attached hydrogen (secondary N) is 2. The van der Waals surface area contributed by atoms with E-state index < -0.39 is 0 Å². The van der Waals surface area contributed by atoms with Crippen LogP contribution in [-0.4, -0.2) is 53.1 Å². The molecule has 1 aromatic heterocycles. The Kier molecular flexibility index (Phi) is 4.55. The Labute approximate surface area is 113 Å². The first-order valence-corrected chi connectivity index (χ1v) is 6.71. The maximum Gasteiger partial charge on any atom is 0.240 e. The molecule has 0 aliphatic carbocycles. The van der Waals surface area contributed by atoms with Crippen LogP contribution in [0.3, 0.4) is 0 Å². The molecule has 0 fully saturated rings. The lowest BCUT2D eigenvalue weighted by Gasteiger charge is -2.32. The summed E-state index contributed by atoms with van der Waals surface area (Å²) in [6.45, 7) is 5.91. The van der Waals surface area contributed by atoms with E-state index in [4.69, 9.17) is 4.74 Å². The summed E-state index contributed by atoms with van der Waals surface area (Å²) >= 11 is 0. The molecule has 0 aromatic carbocycles. The largest absolute Gasteiger partial charge is 0.383 e. The molecule has 6 nitrogen and oxygen atoms in total. The molecule has 106 valence electrons. The molecule has 0 spiro atoms. The van der Waals surface area contributed by atoms with Crippen LogP contribution < -0.4 is 5.32 Å². The summed E-state index contributed by atoms with van der Waals surface area (Å²) < 4.78 is 5.14. The number of H-pyrrole nitrogens is 1. The predicted octanol–water partition coefficient (Wildman–Crippen LogP) is 0.307. The van der Waals surface area contributed by atoms with Gasteiger partial charge in [-0.05, 0) is 13.8 Å². The number of fused-ring (bicyclic) bond motifs is 1. The SMILES string of the molecule is CCN(C(=O)C1Cc2nc[nH]c2CN1)C(C)COC. The average Bonchev–Trinajstić information content (AvgIpc) is 2.86. The number of hydrogen-bond donors (Lipinski definition) is 2. The van der Waals surface area contributed by atoms with Gasteiger partial charge in [-0.3, -0.25) is 10.1 Å². The number of nitrogens with zero attached hydrogens (tertiary/aromatic N) is 2. The molecular formula is C13H22N4O2. The van der Waals surface area contributed by atoms with Crippen molar-refractivity contribution in [3.8, 4) is 0 Å². The van der Waals surface area contributed by atoms with Gasteiger partial charge in [-0.1, -0.05) is 0 Å². The summed E-state index contributed by atoms with van der Waals surface area (Å²) in [7, 11) is 1.66. The van der Waals surface area contributed by atoms with Crippen molar-refractivity contribution < 1.29 is 9.53 Å². The van der Waals surface area contributed by atoms with Crippen molar-refractivity contribution in [1.82, 2.24) is 20.2 Å². The molecule has 2 rings (SSSR count). The van der Waals surface area contributed by atoms with Crippen LogP contribution in [0.1, 0.15) is 25.2 Å². The van der Waals surface area contributed by atoms with E-state index in [-0.39, 0.29) is 18.0 Å². The van der Waals surface area contributed by atoms with Crippen LogP contribution in [0.4, 0.5) is 0 Å². The van der Waals surface area contributed by atoms with Gasteiger partial charge in [-0.25, -0.2) is 4.98 Å². The minimum absolute atomic E-state index is 0.0879. The minimum atomic E-state index is -0.185. The Hall–Kier alpha value is -1.40. The van der Waals surface area contributed by atoms with Crippen molar-refractivity contribution in [3.63, 3.8) is 0 Å². The summed E-state index contributed by atoms with van der Waals surface area (Å²) in [6, 6.07) is -0.0973. The van der Waals surface area contributed by atoms with Gasteiger partial charge in [0.2, 0.25) is 5.91 Å². The van der Waals surface area contributed by atoms with Gasteiger partial charge in [-0.15, -0.1) is 0 Å². The number of carbonyl (C=O) groups is 1. The van der Waals surface area contributed by atoms with Gasteiger partial charge in [0.15, 0.2) is 0 Å². The smallest absolute Gasteiger partial charge is 0.240 e. The average molecular weight is 266 g/mol. The van der Waals surface area contributed by atoms with Crippen molar-refractivity contribution in [2.24, 2.45) is 0 Å². The van der Waals surface area contributed by atoms with Crippen molar-refractivity contribution in [3.05, 3.63) is 17.7 Å². The fourth-order valence-corrected chi connectivity index (χ4v) is 2.56. The molecule has 2 unspecified atom stereocenters. The number of hydrogen-bond acceptors (Lipinski definition) is 4. The molecule has 0 saturated heterocycles. The maximum absolute atomic E-state index is 12.5. The first-order valence-electron chi connectivity index (χ1n) is 6.71. The summed E-state index contributed by atoms with van der Waals surface area (Å²) in [6.07, 6.45) is 2.33. The van der Waals surface area contributed by atoms with Crippen LogP contribution in [0.25, 0.3) is 0 Å². The predicted molar refractivity (Wildman–Crippen MR) is 71.6 cm³/mol. The van der Waals surface area contributed by atoms with Crippen LogP contribution >= 0.6 is 0 Å². The Morgan fingerprint density at radius 1 is 1.68 bits per heavy atom. The number of likely N-dealkylation sites (N-methyl/N-ethyl adjacent to an activating group) is 1. The fourth-order valence-electron chi connectivity index (χ4n) is 2.56.